The first-order valence-corrected chi connectivity index (χ1v) is 7.36. The molecule has 1 aliphatic heterocycles. The molecule has 1 unspecified atom stereocenters. The number of carbonyl (C=O) groups is 2. The van der Waals surface area contributed by atoms with E-state index in [1.165, 1.54) is 18.4 Å². The second kappa shape index (κ2) is 5.70. The molecule has 20 heavy (non-hydrogen) atoms. The van der Waals surface area contributed by atoms with Crippen LogP contribution in [0.5, 0.6) is 0 Å². The van der Waals surface area contributed by atoms with Gasteiger partial charge in [-0.1, -0.05) is 13.3 Å². The minimum atomic E-state index is -0.608. The van der Waals surface area contributed by atoms with Crippen molar-refractivity contribution in [3.63, 3.8) is 0 Å². The summed E-state index contributed by atoms with van der Waals surface area (Å²) in [6.45, 7) is 3.85. The molecule has 0 bridgehead atoms. The van der Waals surface area contributed by atoms with Crippen molar-refractivity contribution in [2.24, 2.45) is 11.7 Å². The number of hydrogen-bond acceptors (Lipinski definition) is 6. The number of esters is 1. The highest BCUT2D eigenvalue weighted by Crippen LogP contribution is 2.40. The van der Waals surface area contributed by atoms with E-state index in [2.05, 4.69) is 11.8 Å². The molecule has 0 aliphatic carbocycles. The largest absolute Gasteiger partial charge is 0.465 e. The van der Waals surface area contributed by atoms with Gasteiger partial charge in [-0.3, -0.25) is 4.79 Å². The van der Waals surface area contributed by atoms with Crippen molar-refractivity contribution >= 4 is 33.9 Å². The van der Waals surface area contributed by atoms with E-state index >= 15 is 0 Å². The van der Waals surface area contributed by atoms with Gasteiger partial charge in [0, 0.05) is 13.1 Å². The van der Waals surface area contributed by atoms with E-state index in [1.54, 1.807) is 0 Å². The molecule has 2 heterocycles. The number of hydrogen-bond donors (Lipinski definition) is 2. The van der Waals surface area contributed by atoms with Gasteiger partial charge < -0.3 is 21.1 Å². The zero-order valence-corrected chi connectivity index (χ0v) is 12.5. The first kappa shape index (κ1) is 14.6. The van der Waals surface area contributed by atoms with Crippen LogP contribution in [-0.4, -0.2) is 32.1 Å². The summed E-state index contributed by atoms with van der Waals surface area (Å²) in [5.74, 6) is -0.544. The summed E-state index contributed by atoms with van der Waals surface area (Å²) in [5, 5.41) is 0.686. The van der Waals surface area contributed by atoms with E-state index in [0.29, 0.717) is 10.9 Å². The van der Waals surface area contributed by atoms with E-state index in [-0.39, 0.29) is 16.1 Å². The monoisotopic (exact) mass is 297 g/mol. The van der Waals surface area contributed by atoms with Crippen LogP contribution >= 0.6 is 11.3 Å². The predicted octanol–water partition coefficient (Wildman–Crippen LogP) is 1.45. The highest BCUT2D eigenvalue weighted by Gasteiger charge is 2.31. The normalized spacial score (nSPS) is 18.3. The average Bonchev–Trinajstić information content (AvgIpc) is 3.01. The Morgan fingerprint density at radius 1 is 1.50 bits per heavy atom. The summed E-state index contributed by atoms with van der Waals surface area (Å²) in [5.41, 5.74) is 11.7. The van der Waals surface area contributed by atoms with Gasteiger partial charge in [-0.2, -0.15) is 0 Å². The van der Waals surface area contributed by atoms with Crippen LogP contribution in [0.1, 0.15) is 39.8 Å². The quantitative estimate of drug-likeness (QED) is 0.820. The van der Waals surface area contributed by atoms with E-state index in [0.717, 1.165) is 25.9 Å². The maximum Gasteiger partial charge on any atom is 0.350 e. The molecule has 0 spiro atoms. The number of nitrogens with two attached hydrogens (primary N) is 2. The number of methoxy groups -OCH3 is 1. The van der Waals surface area contributed by atoms with Gasteiger partial charge in [-0.05, 0) is 12.3 Å². The van der Waals surface area contributed by atoms with Gasteiger partial charge in [0.05, 0.1) is 18.4 Å². The smallest absolute Gasteiger partial charge is 0.350 e. The second-order valence-electron chi connectivity index (χ2n) is 4.89. The summed E-state index contributed by atoms with van der Waals surface area (Å²) in [4.78, 5) is 25.7. The van der Waals surface area contributed by atoms with Crippen LogP contribution in [0.25, 0.3) is 0 Å². The maximum absolute atomic E-state index is 11.7. The van der Waals surface area contributed by atoms with Crippen molar-refractivity contribution in [2.45, 2.75) is 19.8 Å². The Hall–Kier alpha value is -1.76. The van der Waals surface area contributed by atoms with Crippen LogP contribution in [0.3, 0.4) is 0 Å². The van der Waals surface area contributed by atoms with Crippen LogP contribution in [0.15, 0.2) is 0 Å². The SMILES string of the molecule is CCC1CCN(c2sc(C(=O)OC)c(N)c2C(N)=O)C1. The molecule has 1 fully saturated rings. The van der Waals surface area contributed by atoms with Gasteiger partial charge in [0.1, 0.15) is 9.88 Å². The number of thiophene rings is 1. The third-order valence-electron chi connectivity index (χ3n) is 3.69. The van der Waals surface area contributed by atoms with Gasteiger partial charge in [-0.25, -0.2) is 4.79 Å². The third-order valence-corrected chi connectivity index (χ3v) is 4.94. The van der Waals surface area contributed by atoms with Crippen molar-refractivity contribution < 1.29 is 14.3 Å². The lowest BCUT2D eigenvalue weighted by Gasteiger charge is -2.17. The molecule has 1 aromatic heterocycles. The van der Waals surface area contributed by atoms with Crippen molar-refractivity contribution in [1.82, 2.24) is 0 Å². The number of nitrogens with zero attached hydrogens (tertiary/aromatic N) is 1. The lowest BCUT2D eigenvalue weighted by atomic mass is 10.1. The van der Waals surface area contributed by atoms with Crippen molar-refractivity contribution in [3.05, 3.63) is 10.4 Å². The Morgan fingerprint density at radius 2 is 2.20 bits per heavy atom. The molecule has 110 valence electrons. The van der Waals surface area contributed by atoms with Gasteiger partial charge in [-0.15, -0.1) is 11.3 Å². The van der Waals surface area contributed by atoms with Crippen molar-refractivity contribution in [2.75, 3.05) is 30.8 Å². The van der Waals surface area contributed by atoms with Gasteiger partial charge >= 0.3 is 5.97 Å². The number of amides is 1. The Balaban J connectivity index is 2.42. The molecular formula is C13H19N3O3S. The summed E-state index contributed by atoms with van der Waals surface area (Å²) in [6.07, 6.45) is 2.16. The minimum absolute atomic E-state index is 0.129. The van der Waals surface area contributed by atoms with E-state index in [9.17, 15) is 9.59 Å². The number of ether oxygens (including phenoxy) is 1. The predicted molar refractivity (Wildman–Crippen MR) is 79.2 cm³/mol. The third kappa shape index (κ3) is 2.45. The summed E-state index contributed by atoms with van der Waals surface area (Å²) in [6, 6.07) is 0. The lowest BCUT2D eigenvalue weighted by molar-refractivity contribution is 0.0607. The fraction of sp³-hybridized carbons (Fsp3) is 0.538. The van der Waals surface area contributed by atoms with Gasteiger partial charge in [0.2, 0.25) is 0 Å². The van der Waals surface area contributed by atoms with E-state index in [1.807, 2.05) is 0 Å². The number of anilines is 2. The van der Waals surface area contributed by atoms with Crippen LogP contribution in [0.4, 0.5) is 10.7 Å². The molecule has 4 N–H and O–H groups in total. The fourth-order valence-electron chi connectivity index (χ4n) is 2.49. The zero-order chi connectivity index (χ0) is 14.9. The van der Waals surface area contributed by atoms with Crippen molar-refractivity contribution in [1.29, 1.82) is 0 Å². The Labute approximate surface area is 121 Å². The second-order valence-corrected chi connectivity index (χ2v) is 5.89. The molecule has 6 nitrogen and oxygen atoms in total. The fourth-order valence-corrected chi connectivity index (χ4v) is 3.67. The maximum atomic E-state index is 11.7. The van der Waals surface area contributed by atoms with Gasteiger partial charge in [0.15, 0.2) is 0 Å². The van der Waals surface area contributed by atoms with Crippen LogP contribution in [0.2, 0.25) is 0 Å². The van der Waals surface area contributed by atoms with E-state index in [4.69, 9.17) is 16.2 Å². The molecule has 2 rings (SSSR count). The molecule has 0 aromatic carbocycles. The number of primary amides is 1. The molecule has 1 amide bonds. The molecular weight excluding hydrogens is 278 g/mol. The molecule has 1 aromatic rings. The summed E-state index contributed by atoms with van der Waals surface area (Å²) < 4.78 is 4.69. The number of rotatable bonds is 4. The highest BCUT2D eigenvalue weighted by molar-refractivity contribution is 7.19. The van der Waals surface area contributed by atoms with Crippen LogP contribution < -0.4 is 16.4 Å². The molecule has 1 saturated heterocycles. The van der Waals surface area contributed by atoms with Gasteiger partial charge in [0.25, 0.3) is 5.91 Å². The number of carbonyl (C=O) groups excluding carboxylic acids is 2. The van der Waals surface area contributed by atoms with E-state index < -0.39 is 11.9 Å². The number of nitrogen functional groups attached to an aromatic ring is 1. The minimum Gasteiger partial charge on any atom is -0.465 e. The molecule has 0 radical (unpaired) electrons. The molecule has 1 atom stereocenters. The van der Waals surface area contributed by atoms with Crippen molar-refractivity contribution in [3.8, 4) is 0 Å². The summed E-state index contributed by atoms with van der Waals surface area (Å²) >= 11 is 1.18. The van der Waals surface area contributed by atoms with Crippen LogP contribution in [-0.2, 0) is 4.74 Å². The highest BCUT2D eigenvalue weighted by atomic mass is 32.1. The first-order valence-electron chi connectivity index (χ1n) is 6.54. The first-order chi connectivity index (χ1) is 9.49. The zero-order valence-electron chi connectivity index (χ0n) is 11.6. The summed E-state index contributed by atoms with van der Waals surface area (Å²) in [7, 11) is 1.29. The molecule has 1 aliphatic rings. The Morgan fingerprint density at radius 3 is 2.70 bits per heavy atom. The van der Waals surface area contributed by atoms with Crippen LogP contribution in [0, 0.1) is 5.92 Å². The lowest BCUT2D eigenvalue weighted by Crippen LogP contribution is -2.23. The topological polar surface area (TPSA) is 98.7 Å². The Bertz CT molecular complexity index is 541. The molecule has 0 saturated carbocycles. The molecule has 7 heteroatoms. The Kier molecular flexibility index (Phi) is 4.17. The average molecular weight is 297 g/mol. The standard InChI is InChI=1S/C13H19N3O3S/c1-3-7-4-5-16(6-7)12-8(11(15)17)9(14)10(20-12)13(18)19-2/h7H,3-6,14H2,1-2H3,(H2,15,17).